The lowest BCUT2D eigenvalue weighted by Crippen LogP contribution is -2.42. The second-order valence-corrected chi connectivity index (χ2v) is 9.14. The fourth-order valence-electron chi connectivity index (χ4n) is 4.54. The van der Waals surface area contributed by atoms with Crippen molar-refractivity contribution in [3.63, 3.8) is 0 Å². The van der Waals surface area contributed by atoms with Gasteiger partial charge in [0, 0.05) is 68.8 Å². The van der Waals surface area contributed by atoms with Gasteiger partial charge >= 0.3 is 6.18 Å². The van der Waals surface area contributed by atoms with Crippen LogP contribution in [0.5, 0.6) is 0 Å². The Labute approximate surface area is 206 Å². The van der Waals surface area contributed by atoms with Crippen molar-refractivity contribution in [1.82, 2.24) is 19.4 Å². The van der Waals surface area contributed by atoms with E-state index in [1.807, 2.05) is 23.2 Å². The number of hydrogen-bond donors (Lipinski definition) is 1. The molecular weight excluding hydrogens is 473 g/mol. The maximum atomic E-state index is 12.9. The van der Waals surface area contributed by atoms with Gasteiger partial charge in [-0.1, -0.05) is 6.07 Å². The lowest BCUT2D eigenvalue weighted by atomic mass is 9.95. The van der Waals surface area contributed by atoms with E-state index in [1.54, 1.807) is 24.1 Å². The highest BCUT2D eigenvalue weighted by Crippen LogP contribution is 2.29. The van der Waals surface area contributed by atoms with Crippen molar-refractivity contribution in [3.05, 3.63) is 54.0 Å². The number of carbonyl (C=O) groups excluding carboxylic acids is 2. The molecule has 0 spiro atoms. The minimum absolute atomic E-state index is 0.0838. The van der Waals surface area contributed by atoms with Crippen LogP contribution in [0.25, 0.3) is 10.9 Å². The first-order valence-corrected chi connectivity index (χ1v) is 11.9. The van der Waals surface area contributed by atoms with Gasteiger partial charge < -0.3 is 20.1 Å². The third-order valence-electron chi connectivity index (χ3n) is 6.67. The summed E-state index contributed by atoms with van der Waals surface area (Å²) in [6, 6.07) is 7.40. The highest BCUT2D eigenvalue weighted by atomic mass is 19.4. The van der Waals surface area contributed by atoms with E-state index in [0.717, 1.165) is 42.7 Å². The number of primary amides is 1. The Bertz CT molecular complexity index is 1220. The molecule has 192 valence electrons. The van der Waals surface area contributed by atoms with Gasteiger partial charge in [0.15, 0.2) is 0 Å². The average Bonchev–Trinajstić information content (AvgIpc) is 3.28. The number of rotatable bonds is 8. The Morgan fingerprint density at radius 1 is 1.11 bits per heavy atom. The molecule has 2 N–H and O–H groups in total. The molecule has 0 bridgehead atoms. The van der Waals surface area contributed by atoms with Crippen LogP contribution in [0.2, 0.25) is 0 Å². The molecule has 2 aromatic heterocycles. The van der Waals surface area contributed by atoms with Crippen LogP contribution < -0.4 is 10.6 Å². The Balaban J connectivity index is 1.22. The van der Waals surface area contributed by atoms with Crippen LogP contribution in [0.3, 0.4) is 0 Å². The van der Waals surface area contributed by atoms with Crippen LogP contribution in [-0.4, -0.2) is 57.9 Å². The van der Waals surface area contributed by atoms with Gasteiger partial charge in [-0.3, -0.25) is 9.59 Å². The van der Waals surface area contributed by atoms with Gasteiger partial charge in [0.25, 0.3) is 0 Å². The number of halogens is 3. The number of fused-ring (bicyclic) bond motifs is 1. The molecule has 1 fully saturated rings. The van der Waals surface area contributed by atoms with E-state index in [0.29, 0.717) is 38.0 Å². The van der Waals surface area contributed by atoms with E-state index in [4.69, 9.17) is 5.73 Å². The van der Waals surface area contributed by atoms with Crippen LogP contribution in [-0.2, 0) is 17.5 Å². The zero-order valence-corrected chi connectivity index (χ0v) is 20.0. The number of carbonyl (C=O) groups is 2. The van der Waals surface area contributed by atoms with Crippen molar-refractivity contribution in [3.8, 4) is 0 Å². The largest absolute Gasteiger partial charge is 0.419 e. The van der Waals surface area contributed by atoms with Gasteiger partial charge in [-0.25, -0.2) is 9.97 Å². The van der Waals surface area contributed by atoms with E-state index >= 15 is 0 Å². The van der Waals surface area contributed by atoms with Crippen LogP contribution >= 0.6 is 0 Å². The molecule has 1 aromatic carbocycles. The molecule has 0 aliphatic carbocycles. The van der Waals surface area contributed by atoms with E-state index in [9.17, 15) is 22.8 Å². The molecule has 1 aliphatic rings. The monoisotopic (exact) mass is 502 g/mol. The molecule has 1 saturated heterocycles. The molecule has 3 aromatic rings. The number of piperidine rings is 1. The lowest BCUT2D eigenvalue weighted by molar-refractivity contribution is -0.138. The van der Waals surface area contributed by atoms with Crippen molar-refractivity contribution in [2.75, 3.05) is 31.6 Å². The third-order valence-corrected chi connectivity index (χ3v) is 6.67. The standard InChI is InChI=1S/C25H29F3N6O2/c1-32(9-2-3-10-33-11-6-17-4-5-19(22(29)35)14-21(17)33)23(36)18-7-12-34(13-8-18)24-30-15-20(16-31-24)25(26,27)28/h4-6,11,14-16,18H,2-3,7-10,12-13H2,1H3,(H2,29,35). The fourth-order valence-corrected chi connectivity index (χ4v) is 4.54. The van der Waals surface area contributed by atoms with Gasteiger partial charge in [0.2, 0.25) is 17.8 Å². The molecule has 1 aliphatic heterocycles. The predicted molar refractivity (Wildman–Crippen MR) is 129 cm³/mol. The zero-order valence-electron chi connectivity index (χ0n) is 20.0. The van der Waals surface area contributed by atoms with E-state index in [2.05, 4.69) is 14.5 Å². The minimum Gasteiger partial charge on any atom is -0.366 e. The fraction of sp³-hybridized carbons (Fsp3) is 0.440. The predicted octanol–water partition coefficient (Wildman–Crippen LogP) is 3.70. The summed E-state index contributed by atoms with van der Waals surface area (Å²) >= 11 is 0. The number of benzene rings is 1. The molecule has 3 heterocycles. The van der Waals surface area contributed by atoms with Crippen molar-refractivity contribution >= 4 is 28.7 Å². The first-order chi connectivity index (χ1) is 17.1. The van der Waals surface area contributed by atoms with Crippen molar-refractivity contribution in [1.29, 1.82) is 0 Å². The summed E-state index contributed by atoms with van der Waals surface area (Å²) < 4.78 is 40.2. The number of nitrogens with two attached hydrogens (primary N) is 1. The van der Waals surface area contributed by atoms with Gasteiger partial charge in [0.05, 0.1) is 5.56 Å². The normalized spacial score (nSPS) is 14.8. The van der Waals surface area contributed by atoms with Crippen LogP contribution in [0.1, 0.15) is 41.6 Å². The SMILES string of the molecule is CN(CCCCn1ccc2ccc(C(N)=O)cc21)C(=O)C1CCN(c2ncc(C(F)(F)F)cn2)CC1. The molecule has 8 nitrogen and oxygen atoms in total. The Morgan fingerprint density at radius 3 is 2.44 bits per heavy atom. The van der Waals surface area contributed by atoms with Crippen molar-refractivity contribution in [2.45, 2.75) is 38.4 Å². The Morgan fingerprint density at radius 2 is 1.81 bits per heavy atom. The number of aromatic nitrogens is 3. The summed E-state index contributed by atoms with van der Waals surface area (Å²) in [5.74, 6) is -0.243. The second kappa shape index (κ2) is 10.5. The second-order valence-electron chi connectivity index (χ2n) is 9.14. The number of unbranched alkanes of at least 4 members (excludes halogenated alkanes) is 1. The minimum atomic E-state index is -4.47. The number of amides is 2. The molecule has 2 amide bonds. The third kappa shape index (κ3) is 5.77. The molecule has 0 radical (unpaired) electrons. The molecule has 0 atom stereocenters. The van der Waals surface area contributed by atoms with Gasteiger partial charge in [-0.15, -0.1) is 0 Å². The van der Waals surface area contributed by atoms with Crippen LogP contribution in [0.4, 0.5) is 19.1 Å². The van der Waals surface area contributed by atoms with Gasteiger partial charge in [-0.2, -0.15) is 13.2 Å². The molecule has 11 heteroatoms. The topological polar surface area (TPSA) is 97.3 Å². The van der Waals surface area contributed by atoms with E-state index in [1.165, 1.54) is 0 Å². The number of anilines is 1. The van der Waals surface area contributed by atoms with Crippen LogP contribution in [0, 0.1) is 5.92 Å². The highest BCUT2D eigenvalue weighted by molar-refractivity contribution is 5.97. The van der Waals surface area contributed by atoms with E-state index < -0.39 is 17.6 Å². The summed E-state index contributed by atoms with van der Waals surface area (Å²) in [4.78, 5) is 35.6. The summed E-state index contributed by atoms with van der Waals surface area (Å²) in [6.07, 6.45) is 2.00. The maximum absolute atomic E-state index is 12.9. The zero-order chi connectivity index (χ0) is 25.9. The smallest absolute Gasteiger partial charge is 0.366 e. The Kier molecular flexibility index (Phi) is 7.46. The summed E-state index contributed by atoms with van der Waals surface area (Å²) in [6.45, 7) is 2.43. The molecule has 0 saturated carbocycles. The summed E-state index contributed by atoms with van der Waals surface area (Å²) in [5.41, 5.74) is 5.95. The average molecular weight is 503 g/mol. The van der Waals surface area contributed by atoms with Crippen molar-refractivity contribution in [2.24, 2.45) is 11.7 Å². The molecule has 4 rings (SSSR count). The first-order valence-electron chi connectivity index (χ1n) is 11.9. The van der Waals surface area contributed by atoms with Gasteiger partial charge in [0.1, 0.15) is 0 Å². The summed E-state index contributed by atoms with van der Waals surface area (Å²) in [7, 11) is 1.80. The number of nitrogens with zero attached hydrogens (tertiary/aromatic N) is 5. The number of alkyl halides is 3. The molecule has 0 unspecified atom stereocenters. The molecular formula is C25H29F3N6O2. The first kappa shape index (κ1) is 25.5. The lowest BCUT2D eigenvalue weighted by Gasteiger charge is -2.33. The molecule has 36 heavy (non-hydrogen) atoms. The highest BCUT2D eigenvalue weighted by Gasteiger charge is 2.32. The quantitative estimate of drug-likeness (QED) is 0.474. The Hall–Kier alpha value is -3.63. The van der Waals surface area contributed by atoms with Crippen molar-refractivity contribution < 1.29 is 22.8 Å². The van der Waals surface area contributed by atoms with Crippen LogP contribution in [0.15, 0.2) is 42.9 Å². The summed E-state index contributed by atoms with van der Waals surface area (Å²) in [5, 5.41) is 1.04. The van der Waals surface area contributed by atoms with Gasteiger partial charge in [-0.05, 0) is 49.3 Å². The van der Waals surface area contributed by atoms with E-state index in [-0.39, 0.29) is 17.8 Å². The number of aryl methyl sites for hydroxylation is 1. The maximum Gasteiger partial charge on any atom is 0.419 e. The number of hydrogen-bond acceptors (Lipinski definition) is 5.